The van der Waals surface area contributed by atoms with Crippen LogP contribution in [0.15, 0.2) is 11.2 Å². The minimum Gasteiger partial charge on any atom is -0.480 e. The van der Waals surface area contributed by atoms with Crippen LogP contribution in [0.5, 0.6) is 0 Å². The lowest BCUT2D eigenvalue weighted by atomic mass is 10.2. The van der Waals surface area contributed by atoms with Gasteiger partial charge in [0.1, 0.15) is 6.04 Å². The number of carbonyl (C=O) groups is 2. The maximum atomic E-state index is 12.0. The van der Waals surface area contributed by atoms with Gasteiger partial charge in [-0.05, 0) is 0 Å². The Morgan fingerprint density at radius 1 is 1.60 bits per heavy atom. The number of aryl methyl sites for hydroxylation is 1. The largest absolute Gasteiger partial charge is 0.480 e. The summed E-state index contributed by atoms with van der Waals surface area (Å²) < 4.78 is 31.2. The van der Waals surface area contributed by atoms with Crippen LogP contribution in [0.1, 0.15) is 6.42 Å². The molecular weight excluding hydrogens is 314 g/mol. The SMILES string of the molecule is COC(=O)C[C@H](NS(=O)(=O)c1c(Cl)cnn1C)C(=O)O. The van der Waals surface area contributed by atoms with E-state index in [1.165, 1.54) is 7.05 Å². The molecule has 0 unspecified atom stereocenters. The van der Waals surface area contributed by atoms with E-state index in [2.05, 4.69) is 9.84 Å². The first-order valence-corrected chi connectivity index (χ1v) is 7.04. The van der Waals surface area contributed by atoms with Gasteiger partial charge in [-0.25, -0.2) is 8.42 Å². The van der Waals surface area contributed by atoms with E-state index in [1.54, 1.807) is 0 Å². The van der Waals surface area contributed by atoms with E-state index in [1.807, 2.05) is 4.72 Å². The van der Waals surface area contributed by atoms with Gasteiger partial charge < -0.3 is 9.84 Å². The number of halogens is 1. The molecule has 0 radical (unpaired) electrons. The van der Waals surface area contributed by atoms with Crippen LogP contribution in [-0.2, 0) is 31.4 Å². The zero-order valence-corrected chi connectivity index (χ0v) is 12.1. The number of sulfonamides is 1. The lowest BCUT2D eigenvalue weighted by Crippen LogP contribution is -2.42. The number of carboxylic acids is 1. The van der Waals surface area contributed by atoms with Crippen LogP contribution in [-0.4, -0.2) is 48.4 Å². The molecule has 1 heterocycles. The van der Waals surface area contributed by atoms with E-state index < -0.39 is 39.5 Å². The predicted octanol–water partition coefficient (Wildman–Crippen LogP) is -0.632. The maximum Gasteiger partial charge on any atom is 0.322 e. The topological polar surface area (TPSA) is 128 Å². The molecule has 0 amide bonds. The van der Waals surface area contributed by atoms with Gasteiger partial charge >= 0.3 is 11.9 Å². The molecule has 0 saturated heterocycles. The van der Waals surface area contributed by atoms with Crippen molar-refractivity contribution >= 4 is 33.6 Å². The third kappa shape index (κ3) is 3.68. The van der Waals surface area contributed by atoms with Gasteiger partial charge in [-0.1, -0.05) is 11.6 Å². The average Bonchev–Trinajstić information content (AvgIpc) is 2.68. The number of nitrogens with one attached hydrogen (secondary N) is 1. The van der Waals surface area contributed by atoms with Crippen molar-refractivity contribution in [3.63, 3.8) is 0 Å². The maximum absolute atomic E-state index is 12.0. The lowest BCUT2D eigenvalue weighted by Gasteiger charge is -2.13. The summed E-state index contributed by atoms with van der Waals surface area (Å²) in [5.74, 6) is -2.38. The van der Waals surface area contributed by atoms with Crippen LogP contribution >= 0.6 is 11.6 Å². The molecule has 9 nitrogen and oxygen atoms in total. The Balaban J connectivity index is 3.04. The van der Waals surface area contributed by atoms with Gasteiger partial charge in [0.25, 0.3) is 10.0 Å². The number of methoxy groups -OCH3 is 1. The van der Waals surface area contributed by atoms with E-state index in [0.717, 1.165) is 18.0 Å². The highest BCUT2D eigenvalue weighted by molar-refractivity contribution is 7.89. The Hall–Kier alpha value is -1.65. The van der Waals surface area contributed by atoms with E-state index >= 15 is 0 Å². The van der Waals surface area contributed by atoms with Crippen molar-refractivity contribution in [1.82, 2.24) is 14.5 Å². The summed E-state index contributed by atoms with van der Waals surface area (Å²) in [7, 11) is -1.85. The highest BCUT2D eigenvalue weighted by Gasteiger charge is 2.31. The monoisotopic (exact) mass is 325 g/mol. The van der Waals surface area contributed by atoms with E-state index in [0.29, 0.717) is 0 Å². The number of aromatic nitrogens is 2. The van der Waals surface area contributed by atoms with Gasteiger partial charge in [0.15, 0.2) is 5.03 Å². The van der Waals surface area contributed by atoms with Crippen LogP contribution in [0.2, 0.25) is 5.02 Å². The molecule has 0 aliphatic carbocycles. The number of aliphatic carboxylic acids is 1. The third-order valence-corrected chi connectivity index (χ3v) is 4.27. The number of rotatable bonds is 6. The molecule has 20 heavy (non-hydrogen) atoms. The summed E-state index contributed by atoms with van der Waals surface area (Å²) in [4.78, 5) is 22.0. The normalized spacial score (nSPS) is 12.9. The number of carboxylic acid groups (broad SMARTS) is 1. The molecule has 0 saturated carbocycles. The van der Waals surface area contributed by atoms with Crippen LogP contribution < -0.4 is 4.72 Å². The molecule has 0 aromatic carbocycles. The molecule has 0 spiro atoms. The summed E-state index contributed by atoms with van der Waals surface area (Å²) in [6.07, 6.45) is 0.451. The third-order valence-electron chi connectivity index (χ3n) is 2.29. The van der Waals surface area contributed by atoms with Gasteiger partial charge in [0.2, 0.25) is 0 Å². The number of carbonyl (C=O) groups excluding carboxylic acids is 1. The summed E-state index contributed by atoms with van der Waals surface area (Å²) in [6, 6.07) is -1.67. The van der Waals surface area contributed by atoms with Crippen molar-refractivity contribution in [2.45, 2.75) is 17.5 Å². The van der Waals surface area contributed by atoms with Crippen molar-refractivity contribution in [1.29, 1.82) is 0 Å². The molecule has 1 aromatic rings. The summed E-state index contributed by atoms with van der Waals surface area (Å²) >= 11 is 5.68. The number of nitrogens with zero attached hydrogens (tertiary/aromatic N) is 2. The summed E-state index contributed by atoms with van der Waals surface area (Å²) in [5, 5.41) is 12.0. The van der Waals surface area contributed by atoms with Crippen molar-refractivity contribution in [3.05, 3.63) is 11.2 Å². The second-order valence-corrected chi connectivity index (χ2v) is 5.75. The van der Waals surface area contributed by atoms with Crippen molar-refractivity contribution in [2.75, 3.05) is 7.11 Å². The first-order valence-electron chi connectivity index (χ1n) is 5.18. The smallest absolute Gasteiger partial charge is 0.322 e. The van der Waals surface area contributed by atoms with Crippen molar-refractivity contribution < 1.29 is 27.9 Å². The Morgan fingerprint density at radius 3 is 2.60 bits per heavy atom. The molecule has 2 N–H and O–H groups in total. The molecule has 0 bridgehead atoms. The molecule has 1 aromatic heterocycles. The second kappa shape index (κ2) is 6.20. The highest BCUT2D eigenvalue weighted by Crippen LogP contribution is 2.20. The van der Waals surface area contributed by atoms with Crippen LogP contribution in [0.25, 0.3) is 0 Å². The van der Waals surface area contributed by atoms with Crippen molar-refractivity contribution in [3.8, 4) is 0 Å². The molecule has 1 atom stereocenters. The molecule has 0 fully saturated rings. The minimum absolute atomic E-state index is 0.165. The van der Waals surface area contributed by atoms with Gasteiger partial charge in [-0.2, -0.15) is 9.82 Å². The minimum atomic E-state index is -4.25. The molecule has 0 aliphatic heterocycles. The molecular formula is C9H12ClN3O6S. The Labute approximate surface area is 119 Å². The van der Waals surface area contributed by atoms with Crippen LogP contribution in [0, 0.1) is 0 Å². The number of ether oxygens (including phenoxy) is 1. The fourth-order valence-corrected chi connectivity index (χ4v) is 3.22. The zero-order chi connectivity index (χ0) is 15.5. The lowest BCUT2D eigenvalue weighted by molar-refractivity contribution is -0.147. The first-order chi connectivity index (χ1) is 9.19. The Kier molecular flexibility index (Phi) is 5.09. The number of hydrogen-bond donors (Lipinski definition) is 2. The van der Waals surface area contributed by atoms with E-state index in [9.17, 15) is 18.0 Å². The summed E-state index contributed by atoms with van der Waals surface area (Å²) in [5.41, 5.74) is 0. The van der Waals surface area contributed by atoms with Gasteiger partial charge in [0, 0.05) is 7.05 Å². The van der Waals surface area contributed by atoms with Gasteiger partial charge in [-0.15, -0.1) is 0 Å². The van der Waals surface area contributed by atoms with E-state index in [4.69, 9.17) is 16.7 Å². The molecule has 11 heteroatoms. The van der Waals surface area contributed by atoms with Crippen LogP contribution in [0.4, 0.5) is 0 Å². The number of hydrogen-bond acceptors (Lipinski definition) is 6. The molecule has 1 rings (SSSR count). The highest BCUT2D eigenvalue weighted by atomic mass is 35.5. The first kappa shape index (κ1) is 16.4. The fourth-order valence-electron chi connectivity index (χ4n) is 1.37. The van der Waals surface area contributed by atoms with Gasteiger partial charge in [0.05, 0.1) is 24.8 Å². The quantitative estimate of drug-likeness (QED) is 0.666. The second-order valence-electron chi connectivity index (χ2n) is 3.71. The van der Waals surface area contributed by atoms with Gasteiger partial charge in [-0.3, -0.25) is 14.3 Å². The predicted molar refractivity (Wildman–Crippen MR) is 66.6 cm³/mol. The standard InChI is InChI=1S/C9H12ClN3O6S/c1-13-8(5(10)4-11-13)20(17,18)12-6(9(15)16)3-7(14)19-2/h4,6,12H,3H2,1-2H3,(H,15,16)/t6-/m0/s1. The summed E-state index contributed by atoms with van der Waals surface area (Å²) in [6.45, 7) is 0. The molecule has 112 valence electrons. The zero-order valence-electron chi connectivity index (χ0n) is 10.5. The van der Waals surface area contributed by atoms with E-state index in [-0.39, 0.29) is 5.02 Å². The molecule has 0 aliphatic rings. The number of esters is 1. The van der Waals surface area contributed by atoms with Crippen LogP contribution in [0.3, 0.4) is 0 Å². The average molecular weight is 326 g/mol. The fraction of sp³-hybridized carbons (Fsp3) is 0.444. The van der Waals surface area contributed by atoms with Crippen molar-refractivity contribution in [2.24, 2.45) is 7.05 Å². The Bertz CT molecular complexity index is 606. The Morgan fingerprint density at radius 2 is 2.20 bits per heavy atom.